The lowest BCUT2D eigenvalue weighted by atomic mass is 9.99. The summed E-state index contributed by atoms with van der Waals surface area (Å²) in [6.45, 7) is -2.91. The van der Waals surface area contributed by atoms with E-state index in [4.69, 9.17) is 0 Å². The molecule has 3 aromatic heterocycles. The number of carbonyl (C=O) groups is 2. The van der Waals surface area contributed by atoms with E-state index < -0.39 is 30.4 Å². The normalized spacial score (nSPS) is 23.0. The zero-order valence-electron chi connectivity index (χ0n) is 15.8. The molecule has 9 nitrogen and oxygen atoms in total. The van der Waals surface area contributed by atoms with Crippen molar-refractivity contribution in [3.8, 4) is 5.88 Å². The van der Waals surface area contributed by atoms with Gasteiger partial charge in [0.2, 0.25) is 17.7 Å². The van der Waals surface area contributed by atoms with Crippen molar-refractivity contribution in [1.82, 2.24) is 30.2 Å². The van der Waals surface area contributed by atoms with Crippen molar-refractivity contribution in [2.75, 3.05) is 6.54 Å². The van der Waals surface area contributed by atoms with Crippen molar-refractivity contribution in [2.24, 2.45) is 0 Å². The van der Waals surface area contributed by atoms with Gasteiger partial charge >= 0.3 is 12.6 Å². The van der Waals surface area contributed by atoms with E-state index in [0.717, 1.165) is 16.3 Å². The second kappa shape index (κ2) is 7.22. The molecule has 160 valence electrons. The Bertz CT molecular complexity index is 1180. The number of alkyl halides is 2. The number of carbonyl (C=O) groups excluding carboxylic acids is 2. The average Bonchev–Trinajstić information content (AvgIpc) is 3.44. The highest BCUT2D eigenvalue weighted by Crippen LogP contribution is 2.55. The second-order valence-corrected chi connectivity index (χ2v) is 7.35. The first kappa shape index (κ1) is 19.3. The second-order valence-electron chi connectivity index (χ2n) is 7.35. The number of halogens is 3. The van der Waals surface area contributed by atoms with Gasteiger partial charge in [-0.3, -0.25) is 10.1 Å². The van der Waals surface area contributed by atoms with Crippen LogP contribution in [0.15, 0.2) is 30.6 Å². The van der Waals surface area contributed by atoms with Crippen LogP contribution in [-0.4, -0.2) is 44.7 Å². The van der Waals surface area contributed by atoms with Gasteiger partial charge in [0.15, 0.2) is 5.65 Å². The number of ether oxygens (including phenoxy) is 1. The topological polar surface area (TPSA) is 111 Å². The van der Waals surface area contributed by atoms with Gasteiger partial charge in [-0.1, -0.05) is 6.07 Å². The van der Waals surface area contributed by atoms with E-state index in [9.17, 15) is 22.8 Å². The third-order valence-electron chi connectivity index (χ3n) is 5.44. The minimum absolute atomic E-state index is 0.0202. The molecule has 1 unspecified atom stereocenters. The predicted molar refractivity (Wildman–Crippen MR) is 98.2 cm³/mol. The molecule has 12 heteroatoms. The summed E-state index contributed by atoms with van der Waals surface area (Å²) >= 11 is 0. The van der Waals surface area contributed by atoms with Crippen molar-refractivity contribution < 1.29 is 27.5 Å². The molecule has 2 N–H and O–H groups in total. The highest BCUT2D eigenvalue weighted by Gasteiger charge is 2.42. The lowest BCUT2D eigenvalue weighted by Crippen LogP contribution is -2.51. The lowest BCUT2D eigenvalue weighted by molar-refractivity contribution is -0.122. The Balaban J connectivity index is 1.46. The summed E-state index contributed by atoms with van der Waals surface area (Å²) < 4.78 is 44.2. The summed E-state index contributed by atoms with van der Waals surface area (Å²) in [7, 11) is 0. The molecule has 2 fully saturated rings. The van der Waals surface area contributed by atoms with Gasteiger partial charge in [0.1, 0.15) is 0 Å². The maximum absolute atomic E-state index is 14.3. The Morgan fingerprint density at radius 1 is 1.16 bits per heavy atom. The number of hydrogen-bond donors (Lipinski definition) is 2. The monoisotopic (exact) mass is 432 g/mol. The van der Waals surface area contributed by atoms with Crippen molar-refractivity contribution >= 4 is 17.6 Å². The van der Waals surface area contributed by atoms with E-state index in [0.29, 0.717) is 23.3 Å². The molecule has 2 aliphatic rings. The van der Waals surface area contributed by atoms with E-state index >= 15 is 0 Å². The lowest BCUT2D eigenvalue weighted by Gasteiger charge is -2.22. The van der Waals surface area contributed by atoms with Crippen molar-refractivity contribution in [1.29, 1.82) is 0 Å². The molecule has 1 saturated carbocycles. The quantitative estimate of drug-likeness (QED) is 0.639. The minimum Gasteiger partial charge on any atom is -0.417 e. The average molecular weight is 432 g/mol. The Hall–Kier alpha value is -3.70. The molecule has 1 aliphatic carbocycles. The molecule has 5 rings (SSSR count). The van der Waals surface area contributed by atoms with Gasteiger partial charge in [-0.25, -0.2) is 14.8 Å². The Kier molecular flexibility index (Phi) is 4.49. The van der Waals surface area contributed by atoms with Gasteiger partial charge < -0.3 is 10.1 Å². The summed E-state index contributed by atoms with van der Waals surface area (Å²) in [6, 6.07) is 4.14. The molecule has 0 radical (unpaired) electrons. The zero-order chi connectivity index (χ0) is 21.7. The number of fused-ring (bicyclic) bond motifs is 1. The van der Waals surface area contributed by atoms with E-state index in [1.807, 2.05) is 0 Å². The molecule has 1 saturated heterocycles. The molecule has 0 bridgehead atoms. The molecular formula is C19H15F3N6O3. The number of nitrogens with one attached hydrogen (secondary N) is 2. The van der Waals surface area contributed by atoms with Gasteiger partial charge in [-0.05, 0) is 29.9 Å². The maximum atomic E-state index is 14.3. The summed E-state index contributed by atoms with van der Waals surface area (Å²) in [5, 5.41) is 8.92. The van der Waals surface area contributed by atoms with Crippen LogP contribution in [0.1, 0.15) is 41.0 Å². The van der Waals surface area contributed by atoms with Crippen LogP contribution < -0.4 is 15.4 Å². The van der Waals surface area contributed by atoms with Crippen LogP contribution >= 0.6 is 0 Å². The molecule has 31 heavy (non-hydrogen) atoms. The first-order chi connectivity index (χ1) is 14.9. The third-order valence-corrected chi connectivity index (χ3v) is 5.44. The fourth-order valence-corrected chi connectivity index (χ4v) is 3.88. The number of imidazole rings is 1. The summed E-state index contributed by atoms with van der Waals surface area (Å²) in [4.78, 5) is 31.6. The largest absolute Gasteiger partial charge is 0.417 e. The number of imide groups is 1. The fourth-order valence-electron chi connectivity index (χ4n) is 3.88. The van der Waals surface area contributed by atoms with Crippen LogP contribution in [0, 0.1) is 5.95 Å². The third kappa shape index (κ3) is 3.53. The summed E-state index contributed by atoms with van der Waals surface area (Å²) in [5.74, 6) is -2.17. The van der Waals surface area contributed by atoms with E-state index in [1.165, 1.54) is 12.3 Å². The molecular weight excluding hydrogens is 417 g/mol. The van der Waals surface area contributed by atoms with E-state index in [2.05, 4.69) is 30.4 Å². The first-order valence-electron chi connectivity index (χ1n) is 9.44. The highest BCUT2D eigenvalue weighted by molar-refractivity contribution is 6.00. The number of hydrogen-bond acceptors (Lipinski definition) is 6. The van der Waals surface area contributed by atoms with E-state index in [1.54, 1.807) is 12.1 Å². The number of nitrogens with zero attached hydrogens (tertiary/aromatic N) is 4. The van der Waals surface area contributed by atoms with Gasteiger partial charge in [0.05, 0.1) is 17.8 Å². The first-order valence-corrected chi connectivity index (χ1v) is 9.44. The standard InChI is InChI=1S/C19H15F3N6O3/c20-14-7-24-16-11(4-13(27-28(14)16)12-6-25-19(30)26-17(12)29)10-3-9(10)8-1-2-15(23-5-8)31-18(21)22/h1-2,4-5,7,9-10,12,18H,3,6H2,(H2,25,26,29,30)/t9-,10+,12?/m0/s1. The Morgan fingerprint density at radius 3 is 2.71 bits per heavy atom. The number of aromatic nitrogens is 4. The van der Waals surface area contributed by atoms with Crippen LogP contribution in [0.25, 0.3) is 5.65 Å². The van der Waals surface area contributed by atoms with Crippen molar-refractivity contribution in [3.05, 3.63) is 53.4 Å². The van der Waals surface area contributed by atoms with Gasteiger partial charge in [0.25, 0.3) is 0 Å². The van der Waals surface area contributed by atoms with Gasteiger partial charge in [-0.2, -0.15) is 22.8 Å². The number of urea groups is 1. The molecule has 1 aliphatic heterocycles. The summed E-state index contributed by atoms with van der Waals surface area (Å²) in [5.41, 5.74) is 2.16. The SMILES string of the molecule is O=C1NCC(c2cc([C@@H]3C[C@H]3c3ccc(OC(F)F)nc3)c3ncc(F)n3n2)C(=O)N1. The van der Waals surface area contributed by atoms with Crippen LogP contribution in [0.4, 0.5) is 18.0 Å². The zero-order valence-corrected chi connectivity index (χ0v) is 15.8. The minimum atomic E-state index is -2.95. The number of pyridine rings is 1. The number of rotatable bonds is 5. The van der Waals surface area contributed by atoms with Crippen LogP contribution in [0.2, 0.25) is 0 Å². The Morgan fingerprint density at radius 2 is 2.00 bits per heavy atom. The van der Waals surface area contributed by atoms with Crippen LogP contribution in [-0.2, 0) is 4.79 Å². The molecule has 0 aromatic carbocycles. The molecule has 3 amide bonds. The number of amides is 3. The highest BCUT2D eigenvalue weighted by atomic mass is 19.3. The fraction of sp³-hybridized carbons (Fsp3) is 0.316. The van der Waals surface area contributed by atoms with Crippen molar-refractivity contribution in [2.45, 2.75) is 30.8 Å². The smallest absolute Gasteiger partial charge is 0.388 e. The molecule has 0 spiro atoms. The molecule has 4 heterocycles. The molecule has 3 atom stereocenters. The summed E-state index contributed by atoms with van der Waals surface area (Å²) in [6.07, 6.45) is 3.23. The van der Waals surface area contributed by atoms with Gasteiger partial charge in [-0.15, -0.1) is 0 Å². The predicted octanol–water partition coefficient (Wildman–Crippen LogP) is 2.06. The van der Waals surface area contributed by atoms with E-state index in [-0.39, 0.29) is 24.3 Å². The van der Waals surface area contributed by atoms with Crippen LogP contribution in [0.3, 0.4) is 0 Å². The molecule has 3 aromatic rings. The Labute approximate surface area is 172 Å². The maximum Gasteiger partial charge on any atom is 0.388 e. The van der Waals surface area contributed by atoms with Crippen LogP contribution in [0.5, 0.6) is 5.88 Å². The van der Waals surface area contributed by atoms with Crippen molar-refractivity contribution in [3.63, 3.8) is 0 Å². The van der Waals surface area contributed by atoms with Gasteiger partial charge in [0, 0.05) is 24.4 Å².